The number of benzene rings is 2. The molecular weight excluding hydrogens is 389 g/mol. The molecule has 6 nitrogen and oxygen atoms in total. The minimum absolute atomic E-state index is 0.0661. The van der Waals surface area contributed by atoms with E-state index in [2.05, 4.69) is 14.5 Å². The van der Waals surface area contributed by atoms with Gasteiger partial charge in [-0.15, -0.1) is 0 Å². The van der Waals surface area contributed by atoms with Crippen LogP contribution >= 0.6 is 0 Å². The van der Waals surface area contributed by atoms with Crippen LogP contribution in [0, 0.1) is 0 Å². The van der Waals surface area contributed by atoms with Gasteiger partial charge in [-0.2, -0.15) is 8.78 Å². The Labute approximate surface area is 163 Å². The number of ether oxygens (including phenoxy) is 2. The van der Waals surface area contributed by atoms with Gasteiger partial charge in [0.05, 0.1) is 22.6 Å². The van der Waals surface area contributed by atoms with E-state index in [9.17, 15) is 17.2 Å². The minimum Gasteiger partial charge on any atom is -0.495 e. The third-order valence-corrected chi connectivity index (χ3v) is 6.39. The summed E-state index contributed by atoms with van der Waals surface area (Å²) in [6.07, 6.45) is 0. The Morgan fingerprint density at radius 1 is 1.00 bits per heavy atom. The molecule has 0 N–H and O–H groups in total. The summed E-state index contributed by atoms with van der Waals surface area (Å²) in [6, 6.07) is 9.74. The Hall–Kier alpha value is -2.39. The Balaban J connectivity index is 1.97. The molecule has 0 unspecified atom stereocenters. The number of sulfone groups is 1. The molecule has 1 aliphatic heterocycles. The first-order valence-electron chi connectivity index (χ1n) is 8.73. The minimum atomic E-state index is -3.91. The van der Waals surface area contributed by atoms with E-state index in [1.807, 2.05) is 7.05 Å². The quantitative estimate of drug-likeness (QED) is 0.729. The zero-order valence-corrected chi connectivity index (χ0v) is 16.5. The molecule has 0 aliphatic carbocycles. The van der Waals surface area contributed by atoms with Crippen LogP contribution in [0.3, 0.4) is 0 Å². The van der Waals surface area contributed by atoms with Crippen LogP contribution in [0.1, 0.15) is 0 Å². The molecule has 9 heteroatoms. The molecule has 2 aromatic carbocycles. The Morgan fingerprint density at radius 2 is 1.68 bits per heavy atom. The van der Waals surface area contributed by atoms with E-state index >= 15 is 0 Å². The lowest BCUT2D eigenvalue weighted by Gasteiger charge is -2.34. The van der Waals surface area contributed by atoms with Crippen LogP contribution in [0.15, 0.2) is 52.3 Å². The van der Waals surface area contributed by atoms with Crippen LogP contribution in [0.4, 0.5) is 14.5 Å². The van der Waals surface area contributed by atoms with E-state index in [0.29, 0.717) is 11.4 Å². The number of likely N-dealkylation sites (N-methyl/N-ethyl adjacent to an activating group) is 1. The van der Waals surface area contributed by atoms with E-state index < -0.39 is 16.4 Å². The van der Waals surface area contributed by atoms with Crippen molar-refractivity contribution in [3.8, 4) is 11.5 Å². The van der Waals surface area contributed by atoms with E-state index in [-0.39, 0.29) is 15.5 Å². The molecule has 1 fully saturated rings. The van der Waals surface area contributed by atoms with Crippen LogP contribution in [-0.2, 0) is 9.84 Å². The van der Waals surface area contributed by atoms with Gasteiger partial charge in [0.1, 0.15) is 11.5 Å². The standard InChI is InChI=1S/C19H22F2N2O4S/c1-22-8-10-23(11-9-22)17-13-16(6-7-18(17)26-2)28(24,25)15-5-3-4-14(12-15)27-19(20)21/h3-7,12-13,19H,8-11H2,1-2H3/i2-1. The smallest absolute Gasteiger partial charge is 0.387 e. The molecule has 0 atom stereocenters. The predicted octanol–water partition coefficient (Wildman–Crippen LogP) is 2.88. The third kappa shape index (κ3) is 4.36. The zero-order chi connectivity index (χ0) is 20.3. The topological polar surface area (TPSA) is 59.1 Å². The van der Waals surface area contributed by atoms with Crippen LogP contribution in [0.2, 0.25) is 0 Å². The van der Waals surface area contributed by atoms with Crippen molar-refractivity contribution in [1.82, 2.24) is 4.90 Å². The summed E-state index contributed by atoms with van der Waals surface area (Å²) in [5.41, 5.74) is 0.691. The average Bonchev–Trinajstić information content (AvgIpc) is 2.68. The van der Waals surface area contributed by atoms with Crippen molar-refractivity contribution in [2.75, 3.05) is 45.2 Å². The SMILES string of the molecule is CN1CCN(c2cc(S(=O)(=O)c3cccc(OC(F)F)c3)ccc2O[11CH3])CC1. The van der Waals surface area contributed by atoms with Gasteiger partial charge in [-0.05, 0) is 43.4 Å². The van der Waals surface area contributed by atoms with Crippen molar-refractivity contribution in [2.24, 2.45) is 0 Å². The predicted molar refractivity (Wildman–Crippen MR) is 101 cm³/mol. The number of anilines is 1. The van der Waals surface area contributed by atoms with E-state index in [1.54, 1.807) is 12.1 Å². The lowest BCUT2D eigenvalue weighted by atomic mass is 10.2. The molecule has 0 amide bonds. The van der Waals surface area contributed by atoms with Gasteiger partial charge in [0.25, 0.3) is 0 Å². The molecule has 1 heterocycles. The van der Waals surface area contributed by atoms with Gasteiger partial charge in [-0.3, -0.25) is 0 Å². The maximum Gasteiger partial charge on any atom is 0.387 e. The Morgan fingerprint density at radius 3 is 2.32 bits per heavy atom. The number of alkyl halides is 2. The van der Waals surface area contributed by atoms with E-state index in [4.69, 9.17) is 4.74 Å². The molecule has 3 rings (SSSR count). The average molecular weight is 411 g/mol. The molecule has 28 heavy (non-hydrogen) atoms. The summed E-state index contributed by atoms with van der Waals surface area (Å²) >= 11 is 0. The number of methoxy groups -OCH3 is 1. The van der Waals surface area contributed by atoms with Crippen LogP contribution in [0.25, 0.3) is 0 Å². The molecule has 0 saturated carbocycles. The Kier molecular flexibility index (Phi) is 6.04. The van der Waals surface area contributed by atoms with E-state index in [0.717, 1.165) is 32.2 Å². The second kappa shape index (κ2) is 8.32. The van der Waals surface area contributed by atoms with Crippen molar-refractivity contribution in [2.45, 2.75) is 16.4 Å². The maximum absolute atomic E-state index is 13.0. The molecule has 1 aliphatic rings. The van der Waals surface area contributed by atoms with Gasteiger partial charge in [-0.1, -0.05) is 6.07 Å². The van der Waals surface area contributed by atoms with Gasteiger partial charge >= 0.3 is 6.61 Å². The first-order valence-corrected chi connectivity index (χ1v) is 10.2. The molecule has 0 spiro atoms. The molecule has 152 valence electrons. The number of rotatable bonds is 6. The summed E-state index contributed by atoms with van der Waals surface area (Å²) < 4.78 is 60.7. The number of hydrogen-bond acceptors (Lipinski definition) is 6. The van der Waals surface area contributed by atoms with Crippen LogP contribution < -0.4 is 14.4 Å². The van der Waals surface area contributed by atoms with Crippen molar-refractivity contribution < 1.29 is 26.7 Å². The van der Waals surface area contributed by atoms with Gasteiger partial charge in [0.15, 0.2) is 0 Å². The fourth-order valence-corrected chi connectivity index (χ4v) is 4.40. The van der Waals surface area contributed by atoms with Crippen LogP contribution in [0.5, 0.6) is 11.5 Å². The lowest BCUT2D eigenvalue weighted by molar-refractivity contribution is -0.0499. The van der Waals surface area contributed by atoms with Gasteiger partial charge < -0.3 is 19.3 Å². The molecule has 0 aromatic heterocycles. The van der Waals surface area contributed by atoms with Gasteiger partial charge in [0.2, 0.25) is 9.84 Å². The lowest BCUT2D eigenvalue weighted by Crippen LogP contribution is -2.44. The summed E-state index contributed by atoms with van der Waals surface area (Å²) in [6.45, 7) is 0.172. The zero-order valence-electron chi connectivity index (χ0n) is 15.6. The maximum atomic E-state index is 13.0. The van der Waals surface area contributed by atoms with E-state index in [1.165, 1.54) is 31.4 Å². The summed E-state index contributed by atoms with van der Waals surface area (Å²) in [5, 5.41) is 0. The number of halogens is 2. The monoisotopic (exact) mass is 411 g/mol. The number of nitrogens with zero attached hydrogens (tertiary/aromatic N) is 2. The highest BCUT2D eigenvalue weighted by atomic mass is 32.2. The first kappa shape index (κ1) is 20.3. The van der Waals surface area contributed by atoms with Crippen molar-refractivity contribution >= 4 is 15.5 Å². The second-order valence-electron chi connectivity index (χ2n) is 6.48. The molecule has 0 bridgehead atoms. The van der Waals surface area contributed by atoms with Gasteiger partial charge in [0, 0.05) is 26.2 Å². The molecular formula is C19H22F2N2O4S. The third-order valence-electron chi connectivity index (χ3n) is 4.65. The summed E-state index contributed by atoms with van der Waals surface area (Å²) in [4.78, 5) is 4.23. The fourth-order valence-electron chi connectivity index (χ4n) is 3.09. The molecule has 0 radical (unpaired) electrons. The van der Waals surface area contributed by atoms with Crippen molar-refractivity contribution in [3.05, 3.63) is 42.5 Å². The highest BCUT2D eigenvalue weighted by Gasteiger charge is 2.24. The fraction of sp³-hybridized carbons (Fsp3) is 0.368. The van der Waals surface area contributed by atoms with Gasteiger partial charge in [-0.25, -0.2) is 8.42 Å². The first-order chi connectivity index (χ1) is 13.3. The normalized spacial score (nSPS) is 15.7. The molecule has 2 aromatic rings. The number of hydrogen-bond donors (Lipinski definition) is 0. The summed E-state index contributed by atoms with van der Waals surface area (Å²) in [7, 11) is -0.344. The number of piperazine rings is 1. The molecule has 1 saturated heterocycles. The van der Waals surface area contributed by atoms with Crippen LogP contribution in [-0.4, -0.2) is 60.3 Å². The second-order valence-corrected chi connectivity index (χ2v) is 8.43. The largest absolute Gasteiger partial charge is 0.495 e. The summed E-state index contributed by atoms with van der Waals surface area (Å²) in [5.74, 6) is 0.377. The van der Waals surface area contributed by atoms with Crippen molar-refractivity contribution in [1.29, 1.82) is 0 Å². The Bertz CT molecular complexity index is 929. The highest BCUT2D eigenvalue weighted by Crippen LogP contribution is 2.34. The highest BCUT2D eigenvalue weighted by molar-refractivity contribution is 7.91. The van der Waals surface area contributed by atoms with Crippen molar-refractivity contribution in [3.63, 3.8) is 0 Å².